The molecular weight excluding hydrogens is 124 g/mol. The van der Waals surface area contributed by atoms with Crippen LogP contribution in [-0.2, 0) is 0 Å². The van der Waals surface area contributed by atoms with E-state index in [1.165, 1.54) is 24.8 Å². The average Bonchev–Trinajstić information content (AvgIpc) is 2.31. The molecule has 1 heterocycles. The minimum atomic E-state index is 0.700. The number of nitrogens with zero attached hydrogens (tertiary/aromatic N) is 1. The van der Waals surface area contributed by atoms with Crippen LogP contribution in [0.25, 0.3) is 0 Å². The Balaban J connectivity index is 2.27. The largest absolute Gasteiger partial charge is 0.384 e. The van der Waals surface area contributed by atoms with Gasteiger partial charge in [0.1, 0.15) is 5.84 Å². The Morgan fingerprint density at radius 3 is 3.00 bits per heavy atom. The summed E-state index contributed by atoms with van der Waals surface area (Å²) >= 11 is 0. The van der Waals surface area contributed by atoms with Crippen molar-refractivity contribution in [1.29, 1.82) is 0 Å². The van der Waals surface area contributed by atoms with Crippen LogP contribution in [-0.4, -0.2) is 12.4 Å². The lowest BCUT2D eigenvalue weighted by Gasteiger charge is -1.95. The van der Waals surface area contributed by atoms with Gasteiger partial charge in [0.25, 0.3) is 0 Å². The second-order valence-corrected chi connectivity index (χ2v) is 2.65. The number of hydrogen-bond donors (Lipinski definition) is 1. The van der Waals surface area contributed by atoms with Crippen LogP contribution in [0.3, 0.4) is 0 Å². The molecule has 0 radical (unpaired) electrons. The molecule has 0 aliphatic carbocycles. The first kappa shape index (κ1) is 7.32. The van der Waals surface area contributed by atoms with E-state index in [0.29, 0.717) is 5.84 Å². The van der Waals surface area contributed by atoms with E-state index < -0.39 is 0 Å². The van der Waals surface area contributed by atoms with Gasteiger partial charge in [0.15, 0.2) is 0 Å². The molecule has 10 heavy (non-hydrogen) atoms. The first-order valence-corrected chi connectivity index (χ1v) is 3.82. The molecule has 2 N–H and O–H groups in total. The first-order valence-electron chi connectivity index (χ1n) is 3.82. The fourth-order valence-corrected chi connectivity index (χ4v) is 1.05. The Hall–Kier alpha value is -0.790. The summed E-state index contributed by atoms with van der Waals surface area (Å²) in [6.45, 7) is 3.03. The van der Waals surface area contributed by atoms with Crippen LogP contribution in [0.1, 0.15) is 26.2 Å². The maximum atomic E-state index is 5.47. The fraction of sp³-hybridized carbons (Fsp3) is 0.625. The Kier molecular flexibility index (Phi) is 2.49. The van der Waals surface area contributed by atoms with Gasteiger partial charge in [-0.3, -0.25) is 4.99 Å². The quantitative estimate of drug-likeness (QED) is 0.630. The number of amidine groups is 1. The van der Waals surface area contributed by atoms with Crippen molar-refractivity contribution >= 4 is 5.84 Å². The Morgan fingerprint density at radius 2 is 2.50 bits per heavy atom. The van der Waals surface area contributed by atoms with Gasteiger partial charge in [0.05, 0.1) is 6.54 Å². The third kappa shape index (κ3) is 1.87. The highest BCUT2D eigenvalue weighted by atomic mass is 14.9. The zero-order valence-electron chi connectivity index (χ0n) is 6.43. The van der Waals surface area contributed by atoms with Crippen LogP contribution >= 0.6 is 0 Å². The molecule has 0 atom stereocenters. The van der Waals surface area contributed by atoms with Gasteiger partial charge in [-0.1, -0.05) is 13.3 Å². The molecule has 56 valence electrons. The van der Waals surface area contributed by atoms with Gasteiger partial charge in [0, 0.05) is 0 Å². The van der Waals surface area contributed by atoms with Crippen LogP contribution in [0.4, 0.5) is 0 Å². The van der Waals surface area contributed by atoms with Gasteiger partial charge < -0.3 is 5.73 Å². The van der Waals surface area contributed by atoms with E-state index in [1.807, 2.05) is 6.08 Å². The van der Waals surface area contributed by atoms with Gasteiger partial charge in [-0.15, -0.1) is 0 Å². The number of unbranched alkanes of at least 4 members (excludes halogenated alkanes) is 1. The van der Waals surface area contributed by atoms with Crippen LogP contribution in [0.5, 0.6) is 0 Å². The molecular formula is C8H14N2. The van der Waals surface area contributed by atoms with Crippen LogP contribution < -0.4 is 5.73 Å². The van der Waals surface area contributed by atoms with E-state index in [-0.39, 0.29) is 0 Å². The molecule has 0 aromatic rings. The second-order valence-electron chi connectivity index (χ2n) is 2.65. The maximum absolute atomic E-state index is 5.47. The lowest BCUT2D eigenvalue weighted by Crippen LogP contribution is -2.03. The predicted molar refractivity (Wildman–Crippen MR) is 44.1 cm³/mol. The highest BCUT2D eigenvalue weighted by Crippen LogP contribution is 2.11. The van der Waals surface area contributed by atoms with E-state index in [0.717, 1.165) is 6.54 Å². The lowest BCUT2D eigenvalue weighted by atomic mass is 10.1. The lowest BCUT2D eigenvalue weighted by molar-refractivity contribution is 0.779. The van der Waals surface area contributed by atoms with Crippen molar-refractivity contribution < 1.29 is 0 Å². The molecule has 2 heteroatoms. The third-order valence-electron chi connectivity index (χ3n) is 1.67. The molecule has 0 fully saturated rings. The summed E-state index contributed by atoms with van der Waals surface area (Å²) in [5.41, 5.74) is 6.86. The van der Waals surface area contributed by atoms with Crippen molar-refractivity contribution in [1.82, 2.24) is 0 Å². The normalized spacial score (nSPS) is 16.9. The average molecular weight is 138 g/mol. The Labute approximate surface area is 61.8 Å². The van der Waals surface area contributed by atoms with Crippen molar-refractivity contribution in [2.24, 2.45) is 10.7 Å². The van der Waals surface area contributed by atoms with Gasteiger partial charge in [-0.25, -0.2) is 0 Å². The van der Waals surface area contributed by atoms with E-state index >= 15 is 0 Å². The monoisotopic (exact) mass is 138 g/mol. The van der Waals surface area contributed by atoms with Crippen molar-refractivity contribution in [3.63, 3.8) is 0 Å². The molecule has 0 bridgehead atoms. The maximum Gasteiger partial charge on any atom is 0.118 e. The third-order valence-corrected chi connectivity index (χ3v) is 1.67. The van der Waals surface area contributed by atoms with E-state index in [9.17, 15) is 0 Å². The zero-order valence-corrected chi connectivity index (χ0v) is 6.43. The van der Waals surface area contributed by atoms with E-state index in [2.05, 4.69) is 11.9 Å². The molecule has 1 aliphatic rings. The molecule has 0 aromatic carbocycles. The summed E-state index contributed by atoms with van der Waals surface area (Å²) < 4.78 is 0. The first-order chi connectivity index (χ1) is 4.83. The van der Waals surface area contributed by atoms with Gasteiger partial charge in [0.2, 0.25) is 0 Å². The standard InChI is InChI=1S/C8H14N2/c1-2-3-4-7-5-8(9)10-6-7/h5H,2-4,6H2,1H3,(H2,9,10). The summed E-state index contributed by atoms with van der Waals surface area (Å²) in [6.07, 6.45) is 5.67. The van der Waals surface area contributed by atoms with Crippen molar-refractivity contribution in [2.45, 2.75) is 26.2 Å². The SMILES string of the molecule is CCCCC1=CC(N)=NC1. The van der Waals surface area contributed by atoms with Crippen molar-refractivity contribution in [3.8, 4) is 0 Å². The molecule has 0 aromatic heterocycles. The number of rotatable bonds is 3. The predicted octanol–water partition coefficient (Wildman–Crippen LogP) is 1.47. The van der Waals surface area contributed by atoms with Crippen LogP contribution in [0, 0.1) is 0 Å². The molecule has 0 saturated carbocycles. The molecule has 0 unspecified atom stereocenters. The van der Waals surface area contributed by atoms with Crippen LogP contribution in [0.15, 0.2) is 16.6 Å². The molecule has 0 amide bonds. The highest BCUT2D eigenvalue weighted by molar-refractivity contribution is 5.94. The smallest absolute Gasteiger partial charge is 0.118 e. The zero-order chi connectivity index (χ0) is 7.40. The van der Waals surface area contributed by atoms with Gasteiger partial charge in [-0.05, 0) is 24.5 Å². The summed E-state index contributed by atoms with van der Waals surface area (Å²) in [4.78, 5) is 4.07. The molecule has 1 rings (SSSR count). The van der Waals surface area contributed by atoms with Crippen molar-refractivity contribution in [3.05, 3.63) is 11.6 Å². The second kappa shape index (κ2) is 3.40. The van der Waals surface area contributed by atoms with Crippen LogP contribution in [0.2, 0.25) is 0 Å². The summed E-state index contributed by atoms with van der Waals surface area (Å²) in [5.74, 6) is 0.700. The number of nitrogens with two attached hydrogens (primary N) is 1. The van der Waals surface area contributed by atoms with Gasteiger partial charge >= 0.3 is 0 Å². The Bertz CT molecular complexity index is 168. The number of hydrogen-bond acceptors (Lipinski definition) is 2. The topological polar surface area (TPSA) is 38.4 Å². The summed E-state index contributed by atoms with van der Waals surface area (Å²) in [7, 11) is 0. The minimum absolute atomic E-state index is 0.700. The highest BCUT2D eigenvalue weighted by Gasteiger charge is 2.03. The fourth-order valence-electron chi connectivity index (χ4n) is 1.05. The van der Waals surface area contributed by atoms with Gasteiger partial charge in [-0.2, -0.15) is 0 Å². The Morgan fingerprint density at radius 1 is 1.70 bits per heavy atom. The number of aliphatic imine (C=N–C) groups is 1. The molecule has 2 nitrogen and oxygen atoms in total. The molecule has 1 aliphatic heterocycles. The van der Waals surface area contributed by atoms with Crippen molar-refractivity contribution in [2.75, 3.05) is 6.54 Å². The summed E-state index contributed by atoms with van der Waals surface area (Å²) in [6, 6.07) is 0. The summed E-state index contributed by atoms with van der Waals surface area (Å²) in [5, 5.41) is 0. The minimum Gasteiger partial charge on any atom is -0.384 e. The molecule has 0 saturated heterocycles. The van der Waals surface area contributed by atoms with E-state index in [1.54, 1.807) is 0 Å². The molecule has 0 spiro atoms. The van der Waals surface area contributed by atoms with E-state index in [4.69, 9.17) is 5.73 Å².